The van der Waals surface area contributed by atoms with Gasteiger partial charge in [0.2, 0.25) is 0 Å². The molecule has 0 aliphatic rings. The second kappa shape index (κ2) is 18.1. The fraction of sp³-hybridized carbons (Fsp3) is 0.583. The van der Waals surface area contributed by atoms with E-state index in [1.807, 2.05) is 32.9 Å². The molecule has 0 saturated carbocycles. The summed E-state index contributed by atoms with van der Waals surface area (Å²) >= 11 is 0. The molecule has 0 bridgehead atoms. The van der Waals surface area contributed by atoms with Crippen LogP contribution in [0.3, 0.4) is 0 Å². The van der Waals surface area contributed by atoms with Gasteiger partial charge < -0.3 is 28.4 Å². The van der Waals surface area contributed by atoms with Crippen LogP contribution in [0.25, 0.3) is 11.1 Å². The lowest BCUT2D eigenvalue weighted by molar-refractivity contribution is 0.0231. The van der Waals surface area contributed by atoms with Crippen LogP contribution in [0.1, 0.15) is 31.9 Å². The van der Waals surface area contributed by atoms with E-state index < -0.39 is 0 Å². The lowest BCUT2D eigenvalue weighted by Crippen LogP contribution is -2.10. The van der Waals surface area contributed by atoms with Gasteiger partial charge in [0, 0.05) is 13.2 Å². The first kappa shape index (κ1) is 26.3. The summed E-state index contributed by atoms with van der Waals surface area (Å²) in [7, 11) is 0. The van der Waals surface area contributed by atoms with E-state index in [2.05, 4.69) is 18.7 Å². The summed E-state index contributed by atoms with van der Waals surface area (Å²) in [5.74, 6) is 0. The predicted molar refractivity (Wildman–Crippen MR) is 121 cm³/mol. The van der Waals surface area contributed by atoms with Crippen LogP contribution >= 0.6 is 0 Å². The van der Waals surface area contributed by atoms with Crippen molar-refractivity contribution in [1.29, 1.82) is 0 Å². The first-order valence-corrected chi connectivity index (χ1v) is 10.6. The van der Waals surface area contributed by atoms with Gasteiger partial charge in [-0.2, -0.15) is 0 Å². The molecule has 0 spiro atoms. The molecule has 1 aromatic rings. The smallest absolute Gasteiger partial charge is 0.111 e. The van der Waals surface area contributed by atoms with Gasteiger partial charge in [-0.05, 0) is 43.0 Å². The standard InChI is InChI=1S/C24H38O6/c1-5-25-11-13-27-15-17-29-19-21(3)23-7-9-24(10-8-23)22(4)20-30-18-16-28-14-12-26-6-2/h7-10,20H,3,5-6,11-19H2,1-2,4H3/b22-20+. The van der Waals surface area contributed by atoms with Gasteiger partial charge in [0.15, 0.2) is 0 Å². The number of hydrogen-bond acceptors (Lipinski definition) is 6. The zero-order valence-electron chi connectivity index (χ0n) is 18.8. The zero-order valence-corrected chi connectivity index (χ0v) is 18.8. The Morgan fingerprint density at radius 2 is 1.17 bits per heavy atom. The molecular formula is C24H38O6. The molecule has 0 heterocycles. The Bertz CT molecular complexity index is 582. The minimum Gasteiger partial charge on any atom is -0.498 e. The van der Waals surface area contributed by atoms with E-state index >= 15 is 0 Å². The Labute approximate surface area is 181 Å². The van der Waals surface area contributed by atoms with Crippen LogP contribution in [0.15, 0.2) is 37.1 Å². The van der Waals surface area contributed by atoms with Crippen molar-refractivity contribution >= 4 is 11.1 Å². The Balaban J connectivity index is 2.22. The molecule has 0 aliphatic heterocycles. The van der Waals surface area contributed by atoms with Crippen molar-refractivity contribution < 1.29 is 28.4 Å². The normalized spacial score (nSPS) is 11.6. The Kier molecular flexibility index (Phi) is 15.9. The third kappa shape index (κ3) is 12.8. The van der Waals surface area contributed by atoms with E-state index in [-0.39, 0.29) is 0 Å². The summed E-state index contributed by atoms with van der Waals surface area (Å²) in [6.07, 6.45) is 1.77. The summed E-state index contributed by atoms with van der Waals surface area (Å²) in [6, 6.07) is 8.22. The van der Waals surface area contributed by atoms with Gasteiger partial charge in [-0.3, -0.25) is 0 Å². The molecule has 0 amide bonds. The lowest BCUT2D eigenvalue weighted by Gasteiger charge is -2.10. The average molecular weight is 423 g/mol. The van der Waals surface area contributed by atoms with E-state index in [0.29, 0.717) is 72.7 Å². The number of rotatable bonds is 19. The highest BCUT2D eigenvalue weighted by Crippen LogP contribution is 2.18. The maximum atomic E-state index is 5.62. The fourth-order valence-corrected chi connectivity index (χ4v) is 2.45. The van der Waals surface area contributed by atoms with Crippen molar-refractivity contribution in [3.8, 4) is 0 Å². The third-order valence-electron chi connectivity index (χ3n) is 4.15. The molecule has 0 aliphatic carbocycles. The second-order valence-electron chi connectivity index (χ2n) is 6.52. The van der Waals surface area contributed by atoms with E-state index in [0.717, 1.165) is 22.3 Å². The quantitative estimate of drug-likeness (QED) is 0.246. The summed E-state index contributed by atoms with van der Waals surface area (Å²) in [6.45, 7) is 16.6. The van der Waals surface area contributed by atoms with Crippen LogP contribution in [-0.4, -0.2) is 72.7 Å². The molecule has 6 heteroatoms. The molecule has 0 unspecified atom stereocenters. The highest BCUT2D eigenvalue weighted by atomic mass is 16.5. The van der Waals surface area contributed by atoms with Gasteiger partial charge in [-0.15, -0.1) is 0 Å². The SMILES string of the molecule is C=C(COCCOCCOCC)c1ccc(/C(C)=C/OCCOCCOCC)cc1. The van der Waals surface area contributed by atoms with Crippen molar-refractivity contribution in [3.05, 3.63) is 48.2 Å². The molecule has 1 rings (SSSR count). The van der Waals surface area contributed by atoms with Crippen LogP contribution in [0.5, 0.6) is 0 Å². The molecule has 0 fully saturated rings. The third-order valence-corrected chi connectivity index (χ3v) is 4.15. The number of allylic oxidation sites excluding steroid dienone is 1. The molecule has 0 aromatic heterocycles. The number of hydrogen-bond donors (Lipinski definition) is 0. The highest BCUT2D eigenvalue weighted by Gasteiger charge is 2.02. The van der Waals surface area contributed by atoms with Gasteiger partial charge in [-0.25, -0.2) is 0 Å². The Morgan fingerprint density at radius 3 is 1.73 bits per heavy atom. The van der Waals surface area contributed by atoms with Crippen molar-refractivity contribution in [3.63, 3.8) is 0 Å². The maximum absolute atomic E-state index is 5.62. The maximum Gasteiger partial charge on any atom is 0.111 e. The minimum absolute atomic E-state index is 0.482. The van der Waals surface area contributed by atoms with Gasteiger partial charge in [0.05, 0.1) is 59.1 Å². The molecular weight excluding hydrogens is 384 g/mol. The van der Waals surface area contributed by atoms with Crippen LogP contribution in [0.4, 0.5) is 0 Å². The summed E-state index contributed by atoms with van der Waals surface area (Å²) in [5, 5.41) is 0. The van der Waals surface area contributed by atoms with Crippen molar-refractivity contribution in [2.75, 3.05) is 72.7 Å². The fourth-order valence-electron chi connectivity index (χ4n) is 2.45. The molecule has 30 heavy (non-hydrogen) atoms. The summed E-state index contributed by atoms with van der Waals surface area (Å²) in [4.78, 5) is 0. The lowest BCUT2D eigenvalue weighted by atomic mass is 10.0. The molecule has 0 radical (unpaired) electrons. The molecule has 170 valence electrons. The highest BCUT2D eigenvalue weighted by molar-refractivity contribution is 5.68. The topological polar surface area (TPSA) is 55.4 Å². The monoisotopic (exact) mass is 422 g/mol. The Hall–Kier alpha value is -1.70. The van der Waals surface area contributed by atoms with E-state index in [9.17, 15) is 0 Å². The van der Waals surface area contributed by atoms with E-state index in [1.54, 1.807) is 6.26 Å². The number of ether oxygens (including phenoxy) is 6. The van der Waals surface area contributed by atoms with Gasteiger partial charge >= 0.3 is 0 Å². The molecule has 0 N–H and O–H groups in total. The minimum atomic E-state index is 0.482. The zero-order chi connectivity index (χ0) is 21.9. The van der Waals surface area contributed by atoms with Crippen LogP contribution in [0, 0.1) is 0 Å². The van der Waals surface area contributed by atoms with Crippen LogP contribution < -0.4 is 0 Å². The van der Waals surface area contributed by atoms with Gasteiger partial charge in [0.25, 0.3) is 0 Å². The Morgan fingerprint density at radius 1 is 0.700 bits per heavy atom. The van der Waals surface area contributed by atoms with Gasteiger partial charge in [-0.1, -0.05) is 30.8 Å². The number of benzene rings is 1. The van der Waals surface area contributed by atoms with Crippen molar-refractivity contribution in [2.24, 2.45) is 0 Å². The average Bonchev–Trinajstić information content (AvgIpc) is 2.77. The second-order valence-corrected chi connectivity index (χ2v) is 6.52. The van der Waals surface area contributed by atoms with Crippen LogP contribution in [-0.2, 0) is 28.4 Å². The molecule has 1 aromatic carbocycles. The molecule has 0 atom stereocenters. The van der Waals surface area contributed by atoms with E-state index in [4.69, 9.17) is 28.4 Å². The molecule has 0 saturated heterocycles. The summed E-state index contributed by atoms with van der Waals surface area (Å²) in [5.41, 5.74) is 4.17. The van der Waals surface area contributed by atoms with Crippen molar-refractivity contribution in [2.45, 2.75) is 20.8 Å². The van der Waals surface area contributed by atoms with Crippen molar-refractivity contribution in [1.82, 2.24) is 0 Å². The largest absolute Gasteiger partial charge is 0.498 e. The summed E-state index contributed by atoms with van der Waals surface area (Å²) < 4.78 is 32.4. The van der Waals surface area contributed by atoms with E-state index in [1.165, 1.54) is 0 Å². The molecule has 6 nitrogen and oxygen atoms in total. The first-order valence-electron chi connectivity index (χ1n) is 10.6. The van der Waals surface area contributed by atoms with Gasteiger partial charge in [0.1, 0.15) is 6.61 Å². The van der Waals surface area contributed by atoms with Crippen LogP contribution in [0.2, 0.25) is 0 Å². The first-order chi connectivity index (χ1) is 14.7. The predicted octanol–water partition coefficient (Wildman–Crippen LogP) is 4.20.